The maximum absolute atomic E-state index is 9.02. The number of fused-ring (bicyclic) bond motifs is 2. The van der Waals surface area contributed by atoms with E-state index in [1.165, 1.54) is 100 Å². The molecule has 2 atom stereocenters. The summed E-state index contributed by atoms with van der Waals surface area (Å²) in [5, 5.41) is 0. The fraction of sp³-hybridized carbons (Fsp3) is 0.200. The second kappa shape index (κ2) is 13.9. The third-order valence-corrected chi connectivity index (χ3v) is 63.8. The molecule has 0 aliphatic heterocycles. The maximum atomic E-state index is 9.02. The zero-order valence-electron chi connectivity index (χ0n) is 32.7. The number of allylic oxidation sites excluding steroid dienone is 2. The van der Waals surface area contributed by atoms with Gasteiger partial charge in [0.25, 0.3) is 0 Å². The minimum absolute atomic E-state index is 0.0851. The first-order valence-electron chi connectivity index (χ1n) is 19.3. The summed E-state index contributed by atoms with van der Waals surface area (Å²) in [7, 11) is 18.0. The van der Waals surface area contributed by atoms with Crippen molar-refractivity contribution < 1.29 is 15.6 Å². The van der Waals surface area contributed by atoms with Crippen molar-refractivity contribution in [3.05, 3.63) is 188 Å². The minimum atomic E-state index is -5.22. The number of benzene rings is 6. The number of aryl methyl sites for hydroxylation is 6. The zero-order chi connectivity index (χ0) is 38.1. The summed E-state index contributed by atoms with van der Waals surface area (Å²) in [5.74, 6) is -1.84. The van der Waals surface area contributed by atoms with Gasteiger partial charge in [0.15, 0.2) is 0 Å². The average molecular weight is 840 g/mol. The Balaban J connectivity index is 1.46. The van der Waals surface area contributed by atoms with Crippen LogP contribution in [0.25, 0.3) is 45.6 Å². The van der Waals surface area contributed by atoms with Gasteiger partial charge in [0, 0.05) is 0 Å². The molecular formula is C50H49Cl2SiZr. The predicted octanol–water partition coefficient (Wildman–Crippen LogP) is 14.7. The third-order valence-electron chi connectivity index (χ3n) is 12.3. The van der Waals surface area contributed by atoms with E-state index in [0.29, 0.717) is 0 Å². The number of rotatable bonds is 7. The van der Waals surface area contributed by atoms with Crippen molar-refractivity contribution in [1.82, 2.24) is 0 Å². The van der Waals surface area contributed by atoms with Gasteiger partial charge in [-0.05, 0) is 0 Å². The molecule has 0 aromatic heterocycles. The van der Waals surface area contributed by atoms with Gasteiger partial charge in [0.05, 0.1) is 0 Å². The summed E-state index contributed by atoms with van der Waals surface area (Å²) >= 11 is -5.22. The van der Waals surface area contributed by atoms with Crippen LogP contribution >= 0.6 is 17.0 Å². The van der Waals surface area contributed by atoms with Crippen LogP contribution in [0.2, 0.25) is 13.1 Å². The first kappa shape index (κ1) is 37.4. The molecular weight excluding hydrogens is 791 g/mol. The monoisotopic (exact) mass is 837 g/mol. The fourth-order valence-electron chi connectivity index (χ4n) is 9.90. The van der Waals surface area contributed by atoms with E-state index in [2.05, 4.69) is 188 Å². The van der Waals surface area contributed by atoms with E-state index in [9.17, 15) is 0 Å². The molecule has 2 unspecified atom stereocenters. The summed E-state index contributed by atoms with van der Waals surface area (Å²) in [6.07, 6.45) is 4.95. The van der Waals surface area contributed by atoms with Crippen molar-refractivity contribution in [3.63, 3.8) is 0 Å². The molecule has 2 aliphatic carbocycles. The van der Waals surface area contributed by atoms with Gasteiger partial charge in [0.1, 0.15) is 0 Å². The Labute approximate surface area is 331 Å². The van der Waals surface area contributed by atoms with Gasteiger partial charge < -0.3 is 0 Å². The van der Waals surface area contributed by atoms with Gasteiger partial charge in [-0.2, -0.15) is 0 Å². The van der Waals surface area contributed by atoms with Crippen molar-refractivity contribution in [1.29, 1.82) is 0 Å². The molecule has 4 heteroatoms. The van der Waals surface area contributed by atoms with Crippen LogP contribution in [0.4, 0.5) is 0 Å². The fourth-order valence-corrected chi connectivity index (χ4v) is 40.0. The van der Waals surface area contributed by atoms with Gasteiger partial charge in [-0.1, -0.05) is 0 Å². The van der Waals surface area contributed by atoms with Crippen LogP contribution in [0, 0.1) is 41.5 Å². The molecule has 8 rings (SSSR count). The van der Waals surface area contributed by atoms with Gasteiger partial charge in [-0.25, -0.2) is 0 Å². The summed E-state index contributed by atoms with van der Waals surface area (Å²) in [6, 6.07) is 45.2. The van der Waals surface area contributed by atoms with Crippen LogP contribution in [0.15, 0.2) is 121 Å². The van der Waals surface area contributed by atoms with Crippen LogP contribution < -0.4 is 0 Å². The zero-order valence-corrected chi connectivity index (χ0v) is 37.8. The SMILES string of the molecule is Cc1cc(C)cc(-c2c(C)ccc3c2C=C(c2ccccc2)[CH]3[Zr]([Cl])([Cl])([CH]2C(c3ccccc3)=Cc3c2ccc(C)c3-c2cc(C)cc(C)c2)[SiH](C)C)c1. The second-order valence-corrected chi connectivity index (χ2v) is 59.0. The predicted molar refractivity (Wildman–Crippen MR) is 237 cm³/mol. The molecule has 54 heavy (non-hydrogen) atoms. The molecule has 0 nitrogen and oxygen atoms in total. The molecule has 0 heterocycles. The average Bonchev–Trinajstić information content (AvgIpc) is 3.72. The number of hydrogen-bond acceptors (Lipinski definition) is 0. The van der Waals surface area contributed by atoms with Crippen LogP contribution in [-0.2, 0) is 15.6 Å². The van der Waals surface area contributed by atoms with Crippen molar-refractivity contribution in [3.8, 4) is 22.3 Å². The summed E-state index contributed by atoms with van der Waals surface area (Å²) in [5.41, 5.74) is 22.9. The molecule has 6 aromatic rings. The van der Waals surface area contributed by atoms with E-state index < -0.39 is 21.5 Å². The molecule has 0 N–H and O–H groups in total. The quantitative estimate of drug-likeness (QED) is 0.141. The molecule has 0 saturated heterocycles. The van der Waals surface area contributed by atoms with Gasteiger partial charge in [-0.15, -0.1) is 0 Å². The van der Waals surface area contributed by atoms with Crippen LogP contribution in [0.5, 0.6) is 0 Å². The molecule has 6 aromatic carbocycles. The Morgan fingerprint density at radius 1 is 0.444 bits per heavy atom. The van der Waals surface area contributed by atoms with E-state index in [0.717, 1.165) is 0 Å². The van der Waals surface area contributed by atoms with Crippen molar-refractivity contribution in [2.45, 2.75) is 61.9 Å². The normalized spacial score (nSPS) is 17.1. The van der Waals surface area contributed by atoms with Gasteiger partial charge >= 0.3 is 334 Å². The van der Waals surface area contributed by atoms with Gasteiger partial charge in [-0.3, -0.25) is 0 Å². The molecule has 0 bridgehead atoms. The first-order valence-corrected chi connectivity index (χ1v) is 35.6. The van der Waals surface area contributed by atoms with Crippen molar-refractivity contribution in [2.75, 3.05) is 0 Å². The molecule has 0 radical (unpaired) electrons. The Morgan fingerprint density at radius 2 is 0.796 bits per heavy atom. The summed E-state index contributed by atoms with van der Waals surface area (Å²) in [4.78, 5) is 0. The summed E-state index contributed by atoms with van der Waals surface area (Å²) < 4.78 is -0.170. The Hall–Kier alpha value is -3.52. The van der Waals surface area contributed by atoms with Crippen LogP contribution in [-0.4, -0.2) is 5.92 Å². The van der Waals surface area contributed by atoms with Gasteiger partial charge in [0.2, 0.25) is 0 Å². The van der Waals surface area contributed by atoms with E-state index in [-0.39, 0.29) is 7.25 Å². The van der Waals surface area contributed by atoms with E-state index >= 15 is 0 Å². The van der Waals surface area contributed by atoms with Crippen LogP contribution in [0.1, 0.15) is 74.0 Å². The standard InChI is InChI=1S/2C24H21.C2H7Si.2ClH.Zr/c2*1-16-11-17(2)13-22(12-16)24-18(3)9-10-20-14-21(15-23(20)24)19-7-5-4-6-8-19;1-3-2;;;/h2*4-15H,1-3H3;3H,1-2H3;2*1H;/q;;;;;+2/p-2. The summed E-state index contributed by atoms with van der Waals surface area (Å²) in [6.45, 7) is 18.2. The topological polar surface area (TPSA) is 0 Å². The molecule has 0 amide bonds. The molecule has 0 saturated carbocycles. The second-order valence-electron chi connectivity index (χ2n) is 16.5. The van der Waals surface area contributed by atoms with Crippen molar-refractivity contribution in [2.24, 2.45) is 0 Å². The first-order chi connectivity index (χ1) is 25.8. The Morgan fingerprint density at radius 3 is 1.13 bits per heavy atom. The third kappa shape index (κ3) is 6.04. The molecule has 2 aliphatic rings. The van der Waals surface area contributed by atoms with E-state index in [1.807, 2.05) is 0 Å². The van der Waals surface area contributed by atoms with Crippen LogP contribution in [0.3, 0.4) is 0 Å². The number of hydrogen-bond donors (Lipinski definition) is 0. The Kier molecular flexibility index (Phi) is 9.63. The van der Waals surface area contributed by atoms with E-state index in [4.69, 9.17) is 17.0 Å². The molecule has 0 fully saturated rings. The van der Waals surface area contributed by atoms with E-state index in [1.54, 1.807) is 0 Å². The molecule has 271 valence electrons. The number of halogens is 2. The Bertz CT molecular complexity index is 2320. The van der Waals surface area contributed by atoms with Crippen molar-refractivity contribution >= 4 is 46.2 Å². The molecule has 0 spiro atoms.